The number of halogens is 2. The van der Waals surface area contributed by atoms with E-state index in [-0.39, 0.29) is 5.82 Å². The molecule has 1 fully saturated rings. The van der Waals surface area contributed by atoms with Crippen LogP contribution in [0, 0.1) is 11.7 Å². The fourth-order valence-electron chi connectivity index (χ4n) is 1.89. The molecule has 1 aromatic rings. The second-order valence-electron chi connectivity index (χ2n) is 3.81. The molecule has 0 aliphatic carbocycles. The topological polar surface area (TPSA) is 12.0 Å². The highest BCUT2D eigenvalue weighted by molar-refractivity contribution is 9.10. The molecule has 3 heteroatoms. The van der Waals surface area contributed by atoms with Gasteiger partial charge in [-0.25, -0.2) is 4.39 Å². The molecule has 1 nitrogen and oxygen atoms in total. The quantitative estimate of drug-likeness (QED) is 0.860. The van der Waals surface area contributed by atoms with Crippen LogP contribution in [0.5, 0.6) is 0 Å². The monoisotopic (exact) mass is 257 g/mol. The molecule has 0 aromatic heterocycles. The van der Waals surface area contributed by atoms with Gasteiger partial charge in [0.2, 0.25) is 0 Å². The van der Waals surface area contributed by atoms with Crippen molar-refractivity contribution in [3.8, 4) is 0 Å². The molecule has 1 saturated heterocycles. The van der Waals surface area contributed by atoms with Crippen LogP contribution in [0.2, 0.25) is 0 Å². The summed E-state index contributed by atoms with van der Waals surface area (Å²) < 4.78 is 13.5. The first kappa shape index (κ1) is 10.1. The lowest BCUT2D eigenvalue weighted by molar-refractivity contribution is 0.576. The van der Waals surface area contributed by atoms with Crippen LogP contribution in [0.15, 0.2) is 22.7 Å². The molecule has 0 radical (unpaired) electrons. The molecule has 1 heterocycles. The molecule has 0 bridgehead atoms. The third-order valence-electron chi connectivity index (χ3n) is 2.67. The van der Waals surface area contributed by atoms with Crippen molar-refractivity contribution in [3.05, 3.63) is 34.1 Å². The summed E-state index contributed by atoms with van der Waals surface area (Å²) in [5, 5.41) is 3.33. The van der Waals surface area contributed by atoms with Crippen LogP contribution in [0.25, 0.3) is 0 Å². The van der Waals surface area contributed by atoms with Gasteiger partial charge in [0.25, 0.3) is 0 Å². The van der Waals surface area contributed by atoms with Gasteiger partial charge in [0.15, 0.2) is 0 Å². The molecule has 1 aromatic carbocycles. The molecule has 0 amide bonds. The molecule has 1 aliphatic rings. The number of hydrogen-bond donors (Lipinski definition) is 1. The first-order valence-electron chi connectivity index (χ1n) is 4.90. The minimum absolute atomic E-state index is 0.182. The van der Waals surface area contributed by atoms with Crippen molar-refractivity contribution in [3.63, 3.8) is 0 Å². The first-order chi connectivity index (χ1) is 6.75. The van der Waals surface area contributed by atoms with Gasteiger partial charge in [-0.05, 0) is 65.5 Å². The fraction of sp³-hybridized carbons (Fsp3) is 0.455. The van der Waals surface area contributed by atoms with E-state index in [1.807, 2.05) is 12.1 Å². The van der Waals surface area contributed by atoms with Crippen molar-refractivity contribution in [2.75, 3.05) is 13.1 Å². The number of hydrogen-bond acceptors (Lipinski definition) is 1. The zero-order valence-corrected chi connectivity index (χ0v) is 9.48. The van der Waals surface area contributed by atoms with Gasteiger partial charge >= 0.3 is 0 Å². The Labute approximate surface area is 91.8 Å². The molecule has 0 spiro atoms. The van der Waals surface area contributed by atoms with E-state index in [0.29, 0.717) is 10.4 Å². The van der Waals surface area contributed by atoms with E-state index in [9.17, 15) is 4.39 Å². The normalized spacial score (nSPS) is 21.4. The zero-order valence-electron chi connectivity index (χ0n) is 7.89. The van der Waals surface area contributed by atoms with Crippen LogP contribution in [-0.4, -0.2) is 13.1 Å². The highest BCUT2D eigenvalue weighted by Crippen LogP contribution is 2.20. The highest BCUT2D eigenvalue weighted by Gasteiger charge is 2.15. The maximum absolute atomic E-state index is 13.0. The summed E-state index contributed by atoms with van der Waals surface area (Å²) in [5.41, 5.74) is 1.21. The van der Waals surface area contributed by atoms with Crippen LogP contribution >= 0.6 is 15.9 Å². The van der Waals surface area contributed by atoms with E-state index in [2.05, 4.69) is 21.2 Å². The summed E-state index contributed by atoms with van der Waals surface area (Å²) in [6.45, 7) is 2.21. The Bertz CT molecular complexity index is 321. The predicted molar refractivity (Wildman–Crippen MR) is 58.8 cm³/mol. The van der Waals surface area contributed by atoms with E-state index in [1.165, 1.54) is 18.1 Å². The highest BCUT2D eigenvalue weighted by atomic mass is 79.9. The molecular weight excluding hydrogens is 245 g/mol. The summed E-state index contributed by atoms with van der Waals surface area (Å²) in [5.74, 6) is 0.533. The van der Waals surface area contributed by atoms with Gasteiger partial charge in [-0.1, -0.05) is 6.07 Å². The third-order valence-corrected chi connectivity index (χ3v) is 3.28. The Morgan fingerprint density at radius 1 is 1.50 bits per heavy atom. The molecule has 1 N–H and O–H groups in total. The molecule has 2 rings (SSSR count). The second-order valence-corrected chi connectivity index (χ2v) is 4.67. The van der Waals surface area contributed by atoms with Gasteiger partial charge in [-0.2, -0.15) is 0 Å². The summed E-state index contributed by atoms with van der Waals surface area (Å²) in [6, 6.07) is 5.29. The van der Waals surface area contributed by atoms with E-state index in [4.69, 9.17) is 0 Å². The lowest BCUT2D eigenvalue weighted by Crippen LogP contribution is -2.10. The van der Waals surface area contributed by atoms with E-state index in [1.54, 1.807) is 0 Å². The van der Waals surface area contributed by atoms with Gasteiger partial charge in [0.05, 0.1) is 4.47 Å². The van der Waals surface area contributed by atoms with E-state index in [0.717, 1.165) is 19.5 Å². The van der Waals surface area contributed by atoms with Crippen molar-refractivity contribution >= 4 is 15.9 Å². The molecule has 1 atom stereocenters. The molecule has 76 valence electrons. The van der Waals surface area contributed by atoms with Gasteiger partial charge < -0.3 is 5.32 Å². The summed E-state index contributed by atoms with van der Waals surface area (Å²) in [6.07, 6.45) is 2.28. The SMILES string of the molecule is Fc1ccc(CC2CCNC2)cc1Br. The Kier molecular flexibility index (Phi) is 3.19. The summed E-state index contributed by atoms with van der Waals surface area (Å²) in [4.78, 5) is 0. The number of nitrogens with one attached hydrogen (secondary N) is 1. The Morgan fingerprint density at radius 3 is 3.00 bits per heavy atom. The summed E-state index contributed by atoms with van der Waals surface area (Å²) >= 11 is 3.20. The average molecular weight is 258 g/mol. The van der Waals surface area contributed by atoms with Crippen molar-refractivity contribution < 1.29 is 4.39 Å². The van der Waals surface area contributed by atoms with Crippen LogP contribution in [0.3, 0.4) is 0 Å². The van der Waals surface area contributed by atoms with Crippen LogP contribution in [0.4, 0.5) is 4.39 Å². The summed E-state index contributed by atoms with van der Waals surface area (Å²) in [7, 11) is 0. The predicted octanol–water partition coefficient (Wildman–Crippen LogP) is 2.74. The van der Waals surface area contributed by atoms with Crippen molar-refractivity contribution in [2.24, 2.45) is 5.92 Å². The second kappa shape index (κ2) is 4.41. The lowest BCUT2D eigenvalue weighted by Gasteiger charge is -2.08. The minimum atomic E-state index is -0.182. The van der Waals surface area contributed by atoms with Gasteiger partial charge in [0, 0.05) is 0 Å². The smallest absolute Gasteiger partial charge is 0.137 e. The van der Waals surface area contributed by atoms with Gasteiger partial charge in [-0.3, -0.25) is 0 Å². The van der Waals surface area contributed by atoms with Crippen molar-refractivity contribution in [2.45, 2.75) is 12.8 Å². The lowest BCUT2D eigenvalue weighted by atomic mass is 9.99. The molecule has 1 unspecified atom stereocenters. The molecule has 1 aliphatic heterocycles. The maximum Gasteiger partial charge on any atom is 0.137 e. The van der Waals surface area contributed by atoms with E-state index >= 15 is 0 Å². The van der Waals surface area contributed by atoms with Crippen LogP contribution < -0.4 is 5.32 Å². The Hall–Kier alpha value is -0.410. The van der Waals surface area contributed by atoms with Crippen molar-refractivity contribution in [1.29, 1.82) is 0 Å². The number of benzene rings is 1. The Morgan fingerprint density at radius 2 is 2.36 bits per heavy atom. The van der Waals surface area contributed by atoms with E-state index < -0.39 is 0 Å². The van der Waals surface area contributed by atoms with Gasteiger partial charge in [-0.15, -0.1) is 0 Å². The maximum atomic E-state index is 13.0. The first-order valence-corrected chi connectivity index (χ1v) is 5.69. The Balaban J connectivity index is 2.05. The zero-order chi connectivity index (χ0) is 9.97. The largest absolute Gasteiger partial charge is 0.316 e. The van der Waals surface area contributed by atoms with Crippen molar-refractivity contribution in [1.82, 2.24) is 5.32 Å². The molecular formula is C11H13BrFN. The molecule has 0 saturated carbocycles. The molecule has 14 heavy (non-hydrogen) atoms. The third kappa shape index (κ3) is 2.34. The van der Waals surface area contributed by atoms with Gasteiger partial charge in [0.1, 0.15) is 5.82 Å². The standard InChI is InChI=1S/C11H13BrFN/c12-10-6-8(1-2-11(10)13)5-9-3-4-14-7-9/h1-2,6,9,14H,3-5,7H2. The van der Waals surface area contributed by atoms with Crippen LogP contribution in [0.1, 0.15) is 12.0 Å². The van der Waals surface area contributed by atoms with Crippen LogP contribution in [-0.2, 0) is 6.42 Å². The number of rotatable bonds is 2. The minimum Gasteiger partial charge on any atom is -0.316 e. The fourth-order valence-corrected chi connectivity index (χ4v) is 2.31. The average Bonchev–Trinajstić information content (AvgIpc) is 2.64.